The Hall–Kier alpha value is -1.61. The standard InChI is InChI=1S/C10H19N5O3S/c1-7-10(8(2)15(3)13-7)19(17,18)12-6-4-5-9(11)14-16/h12,16H,4-6H2,1-3H3,(H2,11,14). The van der Waals surface area contributed by atoms with Gasteiger partial charge in [-0.2, -0.15) is 5.10 Å². The second-order valence-electron chi connectivity index (χ2n) is 4.22. The highest BCUT2D eigenvalue weighted by Crippen LogP contribution is 2.18. The van der Waals surface area contributed by atoms with Crippen molar-refractivity contribution in [3.8, 4) is 0 Å². The van der Waals surface area contributed by atoms with Gasteiger partial charge in [0.2, 0.25) is 10.0 Å². The molecule has 0 spiro atoms. The van der Waals surface area contributed by atoms with Crippen LogP contribution in [0.15, 0.2) is 10.1 Å². The fourth-order valence-corrected chi connectivity index (χ4v) is 3.25. The van der Waals surface area contributed by atoms with Gasteiger partial charge in [0.05, 0.1) is 11.4 Å². The molecule has 9 heteroatoms. The molecule has 0 amide bonds. The largest absolute Gasteiger partial charge is 0.409 e. The van der Waals surface area contributed by atoms with Crippen molar-refractivity contribution in [3.63, 3.8) is 0 Å². The molecular formula is C10H19N5O3S. The first-order valence-corrected chi connectivity index (χ1v) is 7.24. The van der Waals surface area contributed by atoms with E-state index in [4.69, 9.17) is 10.9 Å². The second kappa shape index (κ2) is 6.02. The van der Waals surface area contributed by atoms with Gasteiger partial charge in [-0.1, -0.05) is 5.16 Å². The lowest BCUT2D eigenvalue weighted by Gasteiger charge is -2.06. The molecule has 108 valence electrons. The first kappa shape index (κ1) is 15.4. The second-order valence-corrected chi connectivity index (χ2v) is 5.92. The van der Waals surface area contributed by atoms with Crippen molar-refractivity contribution in [2.45, 2.75) is 31.6 Å². The lowest BCUT2D eigenvalue weighted by Crippen LogP contribution is -2.26. The number of rotatable bonds is 6. The van der Waals surface area contributed by atoms with E-state index >= 15 is 0 Å². The van der Waals surface area contributed by atoms with E-state index in [0.29, 0.717) is 24.2 Å². The van der Waals surface area contributed by atoms with E-state index in [9.17, 15) is 8.42 Å². The summed E-state index contributed by atoms with van der Waals surface area (Å²) < 4.78 is 28.3. The Bertz CT molecular complexity index is 576. The Morgan fingerprint density at radius 1 is 1.53 bits per heavy atom. The molecule has 0 aliphatic rings. The van der Waals surface area contributed by atoms with Crippen molar-refractivity contribution in [3.05, 3.63) is 11.4 Å². The molecular weight excluding hydrogens is 270 g/mol. The molecule has 0 aliphatic heterocycles. The number of nitrogens with zero attached hydrogens (tertiary/aromatic N) is 3. The minimum absolute atomic E-state index is 0.0768. The maximum Gasteiger partial charge on any atom is 0.244 e. The van der Waals surface area contributed by atoms with E-state index in [0.717, 1.165) is 0 Å². The van der Waals surface area contributed by atoms with Crippen LogP contribution in [0, 0.1) is 13.8 Å². The number of oxime groups is 1. The molecule has 0 aliphatic carbocycles. The zero-order valence-electron chi connectivity index (χ0n) is 11.2. The minimum Gasteiger partial charge on any atom is -0.409 e. The van der Waals surface area contributed by atoms with Crippen LogP contribution in [-0.4, -0.2) is 35.8 Å². The van der Waals surface area contributed by atoms with Gasteiger partial charge in [0.25, 0.3) is 0 Å². The number of aromatic nitrogens is 2. The van der Waals surface area contributed by atoms with Crippen LogP contribution < -0.4 is 10.5 Å². The van der Waals surface area contributed by atoms with Gasteiger partial charge < -0.3 is 10.9 Å². The normalized spacial score (nSPS) is 12.9. The molecule has 0 aromatic carbocycles. The van der Waals surface area contributed by atoms with Crippen LogP contribution in [0.3, 0.4) is 0 Å². The summed E-state index contributed by atoms with van der Waals surface area (Å²) in [6, 6.07) is 0. The van der Waals surface area contributed by atoms with Crippen molar-refractivity contribution >= 4 is 15.9 Å². The Morgan fingerprint density at radius 2 is 2.16 bits per heavy atom. The van der Waals surface area contributed by atoms with Gasteiger partial charge in [-0.15, -0.1) is 0 Å². The Kier molecular flexibility index (Phi) is 4.90. The quantitative estimate of drug-likeness (QED) is 0.221. The Labute approximate surface area is 112 Å². The molecule has 19 heavy (non-hydrogen) atoms. The third-order valence-electron chi connectivity index (χ3n) is 2.74. The van der Waals surface area contributed by atoms with Gasteiger partial charge >= 0.3 is 0 Å². The summed E-state index contributed by atoms with van der Waals surface area (Å²) in [5.74, 6) is 0.0768. The number of nitrogens with one attached hydrogen (secondary N) is 1. The van der Waals surface area contributed by atoms with E-state index in [-0.39, 0.29) is 17.3 Å². The molecule has 0 saturated heterocycles. The van der Waals surface area contributed by atoms with E-state index in [1.165, 1.54) is 4.68 Å². The first-order chi connectivity index (χ1) is 8.79. The first-order valence-electron chi connectivity index (χ1n) is 5.76. The molecule has 8 nitrogen and oxygen atoms in total. The fraction of sp³-hybridized carbons (Fsp3) is 0.600. The predicted molar refractivity (Wildman–Crippen MR) is 70.5 cm³/mol. The highest BCUT2D eigenvalue weighted by molar-refractivity contribution is 7.89. The topological polar surface area (TPSA) is 123 Å². The zero-order chi connectivity index (χ0) is 14.6. The summed E-state index contributed by atoms with van der Waals surface area (Å²) in [4.78, 5) is 0.207. The average Bonchev–Trinajstić information content (AvgIpc) is 2.59. The van der Waals surface area contributed by atoms with E-state index in [1.807, 2.05) is 0 Å². The summed E-state index contributed by atoms with van der Waals surface area (Å²) in [6.07, 6.45) is 0.775. The number of amidine groups is 1. The van der Waals surface area contributed by atoms with Crippen molar-refractivity contribution < 1.29 is 13.6 Å². The van der Waals surface area contributed by atoms with Crippen LogP contribution in [0.4, 0.5) is 0 Å². The van der Waals surface area contributed by atoms with Crippen molar-refractivity contribution in [1.29, 1.82) is 0 Å². The van der Waals surface area contributed by atoms with E-state index in [1.54, 1.807) is 20.9 Å². The van der Waals surface area contributed by atoms with Gasteiger partial charge in [-0.05, 0) is 20.3 Å². The number of sulfonamides is 1. The molecule has 0 fully saturated rings. The summed E-state index contributed by atoms with van der Waals surface area (Å²) in [5.41, 5.74) is 6.34. The fourth-order valence-electron chi connectivity index (χ4n) is 1.74. The lowest BCUT2D eigenvalue weighted by molar-refractivity contribution is 0.316. The molecule has 0 saturated carbocycles. The highest BCUT2D eigenvalue weighted by atomic mass is 32.2. The number of nitrogens with two attached hydrogens (primary N) is 1. The minimum atomic E-state index is -3.58. The van der Waals surface area contributed by atoms with Crippen LogP contribution in [0.5, 0.6) is 0 Å². The third-order valence-corrected chi connectivity index (χ3v) is 4.45. The smallest absolute Gasteiger partial charge is 0.244 e. The predicted octanol–water partition coefficient (Wildman–Crippen LogP) is -0.158. The molecule has 1 rings (SSSR count). The summed E-state index contributed by atoms with van der Waals surface area (Å²) >= 11 is 0. The molecule has 0 atom stereocenters. The van der Waals surface area contributed by atoms with Gasteiger partial charge in [-0.25, -0.2) is 13.1 Å². The average molecular weight is 289 g/mol. The number of hydrogen-bond acceptors (Lipinski definition) is 5. The Balaban J connectivity index is 2.72. The van der Waals surface area contributed by atoms with E-state index in [2.05, 4.69) is 15.0 Å². The molecule has 4 N–H and O–H groups in total. The van der Waals surface area contributed by atoms with Crippen LogP contribution in [0.25, 0.3) is 0 Å². The zero-order valence-corrected chi connectivity index (χ0v) is 12.0. The van der Waals surface area contributed by atoms with E-state index < -0.39 is 10.0 Å². The summed E-state index contributed by atoms with van der Waals surface area (Å²) in [7, 11) is -1.89. The molecule has 1 aromatic rings. The summed E-state index contributed by atoms with van der Waals surface area (Å²) in [5, 5.41) is 15.2. The van der Waals surface area contributed by atoms with Gasteiger partial charge in [-0.3, -0.25) is 4.68 Å². The van der Waals surface area contributed by atoms with Crippen LogP contribution in [0.1, 0.15) is 24.2 Å². The van der Waals surface area contributed by atoms with Crippen molar-refractivity contribution in [2.75, 3.05) is 6.54 Å². The van der Waals surface area contributed by atoms with Crippen molar-refractivity contribution in [1.82, 2.24) is 14.5 Å². The van der Waals surface area contributed by atoms with Gasteiger partial charge in [0.15, 0.2) is 0 Å². The van der Waals surface area contributed by atoms with Crippen molar-refractivity contribution in [2.24, 2.45) is 17.9 Å². The van der Waals surface area contributed by atoms with Crippen LogP contribution in [-0.2, 0) is 17.1 Å². The lowest BCUT2D eigenvalue weighted by atomic mass is 10.3. The van der Waals surface area contributed by atoms with Crippen LogP contribution in [0.2, 0.25) is 0 Å². The number of hydrogen-bond donors (Lipinski definition) is 3. The molecule has 1 aromatic heterocycles. The molecule has 0 radical (unpaired) electrons. The van der Waals surface area contributed by atoms with Crippen LogP contribution >= 0.6 is 0 Å². The number of aryl methyl sites for hydroxylation is 2. The van der Waals surface area contributed by atoms with Gasteiger partial charge in [0.1, 0.15) is 10.7 Å². The highest BCUT2D eigenvalue weighted by Gasteiger charge is 2.22. The molecule has 0 bridgehead atoms. The van der Waals surface area contributed by atoms with Gasteiger partial charge in [0, 0.05) is 20.0 Å². The molecule has 0 unspecified atom stereocenters. The maximum atomic E-state index is 12.1. The monoisotopic (exact) mass is 289 g/mol. The molecule has 1 heterocycles. The summed E-state index contributed by atoms with van der Waals surface area (Å²) in [6.45, 7) is 3.56. The maximum absolute atomic E-state index is 12.1. The Morgan fingerprint density at radius 3 is 2.63 bits per heavy atom. The SMILES string of the molecule is Cc1nn(C)c(C)c1S(=O)(=O)NCCC/C(N)=N/O. The third kappa shape index (κ3) is 3.67.